The minimum atomic E-state index is 0.299. The molecule has 1 unspecified atom stereocenters. The van der Waals surface area contributed by atoms with E-state index in [-0.39, 0.29) is 0 Å². The summed E-state index contributed by atoms with van der Waals surface area (Å²) in [6.07, 6.45) is 9.89. The van der Waals surface area contributed by atoms with Crippen molar-refractivity contribution in [1.29, 1.82) is 0 Å². The van der Waals surface area contributed by atoms with E-state index in [0.717, 1.165) is 10.2 Å². The molecule has 2 rings (SSSR count). The van der Waals surface area contributed by atoms with Crippen LogP contribution in [0, 0.1) is 0 Å². The molecule has 0 aromatic carbocycles. The Labute approximate surface area is 106 Å². The number of nitrogens with one attached hydrogen (secondary N) is 1. The maximum Gasteiger partial charge on any atom is 0.134 e. The molecule has 1 N–H and O–H groups in total. The number of furan rings is 1. The van der Waals surface area contributed by atoms with Gasteiger partial charge in [0, 0.05) is 6.04 Å². The van der Waals surface area contributed by atoms with E-state index in [1.54, 1.807) is 6.26 Å². The minimum Gasteiger partial charge on any atom is -0.466 e. The largest absolute Gasteiger partial charge is 0.466 e. The van der Waals surface area contributed by atoms with Crippen LogP contribution in [0.2, 0.25) is 0 Å². The highest BCUT2D eigenvalue weighted by Crippen LogP contribution is 2.26. The van der Waals surface area contributed by atoms with Gasteiger partial charge in [0.05, 0.1) is 16.8 Å². The van der Waals surface area contributed by atoms with Crippen molar-refractivity contribution in [3.8, 4) is 0 Å². The Morgan fingerprint density at radius 2 is 2.00 bits per heavy atom. The van der Waals surface area contributed by atoms with Gasteiger partial charge in [-0.05, 0) is 41.8 Å². The maximum atomic E-state index is 5.49. The van der Waals surface area contributed by atoms with Gasteiger partial charge in [0.15, 0.2) is 0 Å². The van der Waals surface area contributed by atoms with Gasteiger partial charge in [-0.1, -0.05) is 25.7 Å². The molecule has 16 heavy (non-hydrogen) atoms. The highest BCUT2D eigenvalue weighted by Gasteiger charge is 2.18. The molecule has 0 amide bonds. The molecule has 90 valence electrons. The maximum absolute atomic E-state index is 5.49. The molecule has 0 spiro atoms. The summed E-state index contributed by atoms with van der Waals surface area (Å²) in [5.74, 6) is 1.02. The van der Waals surface area contributed by atoms with E-state index in [1.807, 2.05) is 6.07 Å². The lowest BCUT2D eigenvalue weighted by Gasteiger charge is -2.20. The third kappa shape index (κ3) is 3.11. The average molecular weight is 286 g/mol. The van der Waals surface area contributed by atoms with Gasteiger partial charge in [-0.15, -0.1) is 0 Å². The predicted octanol–water partition coefficient (Wildman–Crippen LogP) is 4.42. The normalized spacial score (nSPS) is 20.6. The first-order valence-corrected chi connectivity index (χ1v) is 7.05. The summed E-state index contributed by atoms with van der Waals surface area (Å²) in [6, 6.07) is 2.92. The van der Waals surface area contributed by atoms with Crippen molar-refractivity contribution in [2.75, 3.05) is 0 Å². The summed E-state index contributed by atoms with van der Waals surface area (Å²) >= 11 is 3.51. The van der Waals surface area contributed by atoms with E-state index < -0.39 is 0 Å². The first-order valence-electron chi connectivity index (χ1n) is 6.26. The third-order valence-electron chi connectivity index (χ3n) is 3.38. The number of rotatable bonds is 3. The molecule has 0 bridgehead atoms. The van der Waals surface area contributed by atoms with Crippen LogP contribution in [0.15, 0.2) is 21.2 Å². The standard InChI is InChI=1S/C13H20BrNO/c1-10(13-12(14)8-9-16-13)15-11-6-4-2-3-5-7-11/h8-11,15H,2-7H2,1H3. The van der Waals surface area contributed by atoms with E-state index in [0.29, 0.717) is 12.1 Å². The van der Waals surface area contributed by atoms with Gasteiger partial charge in [0.1, 0.15) is 5.76 Å². The van der Waals surface area contributed by atoms with Crippen molar-refractivity contribution >= 4 is 15.9 Å². The summed E-state index contributed by atoms with van der Waals surface area (Å²) in [5, 5.41) is 3.68. The van der Waals surface area contributed by atoms with E-state index in [1.165, 1.54) is 38.5 Å². The van der Waals surface area contributed by atoms with Gasteiger partial charge < -0.3 is 9.73 Å². The average Bonchev–Trinajstić information content (AvgIpc) is 2.53. The Morgan fingerprint density at radius 3 is 2.56 bits per heavy atom. The molecule has 1 saturated carbocycles. The van der Waals surface area contributed by atoms with Crippen molar-refractivity contribution in [2.45, 2.75) is 57.5 Å². The van der Waals surface area contributed by atoms with Crippen LogP contribution in [0.1, 0.15) is 57.3 Å². The molecule has 1 aliphatic carbocycles. The van der Waals surface area contributed by atoms with Crippen molar-refractivity contribution < 1.29 is 4.42 Å². The zero-order valence-corrected chi connectivity index (χ0v) is 11.4. The minimum absolute atomic E-state index is 0.299. The molecule has 1 atom stereocenters. The Morgan fingerprint density at radius 1 is 1.31 bits per heavy atom. The van der Waals surface area contributed by atoms with Crippen molar-refractivity contribution in [3.05, 3.63) is 22.6 Å². The molecular weight excluding hydrogens is 266 g/mol. The summed E-state index contributed by atoms with van der Waals surface area (Å²) in [6.45, 7) is 2.18. The van der Waals surface area contributed by atoms with Crippen molar-refractivity contribution in [3.63, 3.8) is 0 Å². The Balaban J connectivity index is 1.91. The summed E-state index contributed by atoms with van der Waals surface area (Å²) in [5.41, 5.74) is 0. The van der Waals surface area contributed by atoms with Crippen LogP contribution >= 0.6 is 15.9 Å². The second kappa shape index (κ2) is 5.87. The fraction of sp³-hybridized carbons (Fsp3) is 0.692. The Hall–Kier alpha value is -0.280. The number of hydrogen-bond acceptors (Lipinski definition) is 2. The zero-order chi connectivity index (χ0) is 11.4. The molecule has 1 heterocycles. The van der Waals surface area contributed by atoms with Gasteiger partial charge in [-0.3, -0.25) is 0 Å². The Kier molecular flexibility index (Phi) is 4.47. The summed E-state index contributed by atoms with van der Waals surface area (Å²) in [7, 11) is 0. The van der Waals surface area contributed by atoms with Crippen LogP contribution in [0.3, 0.4) is 0 Å². The molecule has 1 aromatic rings. The SMILES string of the molecule is CC(NC1CCCCCC1)c1occc1Br. The highest BCUT2D eigenvalue weighted by atomic mass is 79.9. The smallest absolute Gasteiger partial charge is 0.134 e. The molecule has 1 aliphatic rings. The van der Waals surface area contributed by atoms with Crippen LogP contribution in [0.5, 0.6) is 0 Å². The van der Waals surface area contributed by atoms with Gasteiger partial charge in [0.25, 0.3) is 0 Å². The van der Waals surface area contributed by atoms with Crippen LogP contribution in [0.25, 0.3) is 0 Å². The van der Waals surface area contributed by atoms with E-state index in [4.69, 9.17) is 4.42 Å². The predicted molar refractivity (Wildman–Crippen MR) is 69.4 cm³/mol. The van der Waals surface area contributed by atoms with Gasteiger partial charge >= 0.3 is 0 Å². The van der Waals surface area contributed by atoms with Crippen LogP contribution in [-0.2, 0) is 0 Å². The van der Waals surface area contributed by atoms with Gasteiger partial charge in [-0.2, -0.15) is 0 Å². The van der Waals surface area contributed by atoms with E-state index >= 15 is 0 Å². The van der Waals surface area contributed by atoms with E-state index in [2.05, 4.69) is 28.2 Å². The van der Waals surface area contributed by atoms with Gasteiger partial charge in [0.2, 0.25) is 0 Å². The Bertz CT molecular complexity index is 315. The van der Waals surface area contributed by atoms with Gasteiger partial charge in [-0.25, -0.2) is 0 Å². The fourth-order valence-electron chi connectivity index (χ4n) is 2.49. The fourth-order valence-corrected chi connectivity index (χ4v) is 3.03. The van der Waals surface area contributed by atoms with E-state index in [9.17, 15) is 0 Å². The second-order valence-corrected chi connectivity index (χ2v) is 5.56. The topological polar surface area (TPSA) is 25.2 Å². The lowest BCUT2D eigenvalue weighted by molar-refractivity contribution is 0.365. The molecule has 1 aromatic heterocycles. The quantitative estimate of drug-likeness (QED) is 0.832. The van der Waals surface area contributed by atoms with Crippen molar-refractivity contribution in [2.24, 2.45) is 0 Å². The molecule has 1 fully saturated rings. The molecule has 2 nitrogen and oxygen atoms in total. The lowest BCUT2D eigenvalue weighted by Crippen LogP contribution is -2.30. The van der Waals surface area contributed by atoms with Crippen LogP contribution in [0.4, 0.5) is 0 Å². The van der Waals surface area contributed by atoms with Crippen molar-refractivity contribution in [1.82, 2.24) is 5.32 Å². The first kappa shape index (κ1) is 12.2. The van der Waals surface area contributed by atoms with Crippen LogP contribution in [-0.4, -0.2) is 6.04 Å². The monoisotopic (exact) mass is 285 g/mol. The first-order chi connectivity index (χ1) is 7.77. The zero-order valence-electron chi connectivity index (χ0n) is 9.84. The molecule has 0 saturated heterocycles. The summed E-state index contributed by atoms with van der Waals surface area (Å²) < 4.78 is 6.56. The number of halogens is 1. The second-order valence-electron chi connectivity index (χ2n) is 4.71. The van der Waals surface area contributed by atoms with Crippen LogP contribution < -0.4 is 5.32 Å². The lowest BCUT2D eigenvalue weighted by atomic mass is 10.1. The number of hydrogen-bond donors (Lipinski definition) is 1. The molecule has 0 radical (unpaired) electrons. The molecule has 0 aliphatic heterocycles. The molecular formula is C13H20BrNO. The molecule has 3 heteroatoms. The summed E-state index contributed by atoms with van der Waals surface area (Å²) in [4.78, 5) is 0. The third-order valence-corrected chi connectivity index (χ3v) is 4.03. The highest BCUT2D eigenvalue weighted by molar-refractivity contribution is 9.10.